The maximum atomic E-state index is 11.2. The quantitative estimate of drug-likeness (QED) is 0.795. The van der Waals surface area contributed by atoms with Crippen LogP contribution >= 0.6 is 15.9 Å². The Kier molecular flexibility index (Phi) is 3.05. The average molecular weight is 282 g/mol. The number of benzene rings is 1. The predicted octanol–water partition coefficient (Wildman–Crippen LogP) is 2.89. The van der Waals surface area contributed by atoms with E-state index in [0.717, 1.165) is 10.0 Å². The van der Waals surface area contributed by atoms with Gasteiger partial charge in [-0.1, -0.05) is 33.2 Å². The summed E-state index contributed by atoms with van der Waals surface area (Å²) in [6.07, 6.45) is 0. The third-order valence-electron chi connectivity index (χ3n) is 2.01. The van der Waals surface area contributed by atoms with Crippen molar-refractivity contribution in [1.29, 1.82) is 0 Å². The van der Waals surface area contributed by atoms with Crippen LogP contribution in [0.25, 0.3) is 11.3 Å². The molecule has 0 spiro atoms. The van der Waals surface area contributed by atoms with Crippen LogP contribution in [0.5, 0.6) is 0 Å². The van der Waals surface area contributed by atoms with E-state index >= 15 is 0 Å². The molecular weight excluding hydrogens is 274 g/mol. The topological polar surface area (TPSA) is 52.3 Å². The van der Waals surface area contributed by atoms with Gasteiger partial charge in [0, 0.05) is 16.1 Å². The molecule has 0 fully saturated rings. The summed E-state index contributed by atoms with van der Waals surface area (Å²) in [5, 5.41) is 3.63. The van der Waals surface area contributed by atoms with Gasteiger partial charge in [-0.05, 0) is 12.1 Å². The fourth-order valence-corrected chi connectivity index (χ4v) is 1.65. The molecule has 2 aromatic rings. The van der Waals surface area contributed by atoms with Crippen molar-refractivity contribution in [2.75, 3.05) is 7.11 Å². The first kappa shape index (κ1) is 10.9. The van der Waals surface area contributed by atoms with Crippen LogP contribution in [0.2, 0.25) is 0 Å². The minimum Gasteiger partial charge on any atom is -0.464 e. The second-order valence-electron chi connectivity index (χ2n) is 3.08. The molecule has 2 rings (SSSR count). The SMILES string of the molecule is COC(=O)c1cc(-c2cccc(Br)c2)on1. The molecule has 1 aromatic carbocycles. The zero-order valence-corrected chi connectivity index (χ0v) is 10.0. The van der Waals surface area contributed by atoms with Crippen LogP contribution in [0.15, 0.2) is 39.3 Å². The van der Waals surface area contributed by atoms with Crippen molar-refractivity contribution >= 4 is 21.9 Å². The van der Waals surface area contributed by atoms with E-state index in [-0.39, 0.29) is 5.69 Å². The maximum Gasteiger partial charge on any atom is 0.360 e. The Morgan fingerprint density at radius 1 is 1.44 bits per heavy atom. The van der Waals surface area contributed by atoms with E-state index < -0.39 is 5.97 Å². The van der Waals surface area contributed by atoms with Crippen LogP contribution in [0, 0.1) is 0 Å². The molecule has 0 saturated carbocycles. The second kappa shape index (κ2) is 4.49. The summed E-state index contributed by atoms with van der Waals surface area (Å²) in [5.74, 6) is 0.0201. The van der Waals surface area contributed by atoms with Crippen LogP contribution in [0.1, 0.15) is 10.5 Å². The maximum absolute atomic E-state index is 11.2. The normalized spacial score (nSPS) is 10.1. The fraction of sp³-hybridized carbons (Fsp3) is 0.0909. The minimum atomic E-state index is -0.509. The van der Waals surface area contributed by atoms with Crippen LogP contribution in [0.4, 0.5) is 0 Å². The number of esters is 1. The molecule has 0 unspecified atom stereocenters. The Bertz CT molecular complexity index is 521. The average Bonchev–Trinajstić information content (AvgIpc) is 2.77. The number of carbonyl (C=O) groups excluding carboxylic acids is 1. The molecule has 0 bridgehead atoms. The third kappa shape index (κ3) is 2.14. The molecule has 0 aliphatic rings. The lowest BCUT2D eigenvalue weighted by Gasteiger charge is -1.94. The number of carbonyl (C=O) groups is 1. The molecule has 1 aromatic heterocycles. The Hall–Kier alpha value is -1.62. The van der Waals surface area contributed by atoms with Crippen molar-refractivity contribution in [3.8, 4) is 11.3 Å². The summed E-state index contributed by atoms with van der Waals surface area (Å²) in [6, 6.07) is 9.07. The summed E-state index contributed by atoms with van der Waals surface area (Å²) >= 11 is 3.36. The van der Waals surface area contributed by atoms with Crippen molar-refractivity contribution < 1.29 is 14.1 Å². The number of ether oxygens (including phenoxy) is 1. The number of hydrogen-bond donors (Lipinski definition) is 0. The highest BCUT2D eigenvalue weighted by Gasteiger charge is 2.13. The van der Waals surface area contributed by atoms with Gasteiger partial charge in [-0.2, -0.15) is 0 Å². The van der Waals surface area contributed by atoms with Crippen molar-refractivity contribution in [3.63, 3.8) is 0 Å². The summed E-state index contributed by atoms with van der Waals surface area (Å²) in [7, 11) is 1.30. The Morgan fingerprint density at radius 3 is 2.94 bits per heavy atom. The second-order valence-corrected chi connectivity index (χ2v) is 3.99. The van der Waals surface area contributed by atoms with Gasteiger partial charge < -0.3 is 9.26 Å². The monoisotopic (exact) mass is 281 g/mol. The fourth-order valence-electron chi connectivity index (χ4n) is 1.25. The van der Waals surface area contributed by atoms with Gasteiger partial charge in [0.2, 0.25) is 0 Å². The van der Waals surface area contributed by atoms with Gasteiger partial charge in [-0.3, -0.25) is 0 Å². The van der Waals surface area contributed by atoms with E-state index in [0.29, 0.717) is 5.76 Å². The van der Waals surface area contributed by atoms with Crippen molar-refractivity contribution in [2.45, 2.75) is 0 Å². The highest BCUT2D eigenvalue weighted by atomic mass is 79.9. The molecule has 1 heterocycles. The molecule has 16 heavy (non-hydrogen) atoms. The molecular formula is C11H8BrNO3. The van der Waals surface area contributed by atoms with Gasteiger partial charge in [0.05, 0.1) is 7.11 Å². The van der Waals surface area contributed by atoms with Crippen LogP contribution in [0.3, 0.4) is 0 Å². The van der Waals surface area contributed by atoms with E-state index in [1.54, 1.807) is 6.07 Å². The molecule has 82 valence electrons. The predicted molar refractivity (Wildman–Crippen MR) is 61.0 cm³/mol. The number of methoxy groups -OCH3 is 1. The molecule has 0 N–H and O–H groups in total. The first-order valence-electron chi connectivity index (χ1n) is 4.51. The lowest BCUT2D eigenvalue weighted by molar-refractivity contribution is 0.0589. The van der Waals surface area contributed by atoms with Crippen LogP contribution < -0.4 is 0 Å². The molecule has 0 atom stereocenters. The van der Waals surface area contributed by atoms with Crippen molar-refractivity contribution in [1.82, 2.24) is 5.16 Å². The van der Waals surface area contributed by atoms with Gasteiger partial charge in [-0.15, -0.1) is 0 Å². The van der Waals surface area contributed by atoms with Crippen molar-refractivity contribution in [3.05, 3.63) is 40.5 Å². The van der Waals surface area contributed by atoms with Gasteiger partial charge in [0.15, 0.2) is 11.5 Å². The molecule has 5 heteroatoms. The number of nitrogens with zero attached hydrogens (tertiary/aromatic N) is 1. The van der Waals surface area contributed by atoms with E-state index in [1.165, 1.54) is 7.11 Å². The molecule has 0 aliphatic heterocycles. The lowest BCUT2D eigenvalue weighted by atomic mass is 10.2. The summed E-state index contributed by atoms with van der Waals surface area (Å²) in [5.41, 5.74) is 1.01. The third-order valence-corrected chi connectivity index (χ3v) is 2.51. The first-order valence-corrected chi connectivity index (χ1v) is 5.31. The van der Waals surface area contributed by atoms with E-state index in [1.807, 2.05) is 24.3 Å². The van der Waals surface area contributed by atoms with Gasteiger partial charge in [-0.25, -0.2) is 4.79 Å². The summed E-state index contributed by atoms with van der Waals surface area (Å²) in [4.78, 5) is 11.2. The van der Waals surface area contributed by atoms with Crippen LogP contribution in [-0.4, -0.2) is 18.2 Å². The number of halogens is 1. The molecule has 0 saturated heterocycles. The molecule has 0 aliphatic carbocycles. The number of rotatable bonds is 2. The summed E-state index contributed by atoms with van der Waals surface area (Å²) in [6.45, 7) is 0. The van der Waals surface area contributed by atoms with E-state index in [9.17, 15) is 4.79 Å². The Balaban J connectivity index is 2.35. The van der Waals surface area contributed by atoms with Crippen LogP contribution in [-0.2, 0) is 4.74 Å². The van der Waals surface area contributed by atoms with E-state index in [2.05, 4.69) is 25.8 Å². The summed E-state index contributed by atoms with van der Waals surface area (Å²) < 4.78 is 10.5. The number of hydrogen-bond acceptors (Lipinski definition) is 4. The standard InChI is InChI=1S/C11H8BrNO3/c1-15-11(14)9-6-10(16-13-9)7-3-2-4-8(12)5-7/h2-6H,1H3. The number of aromatic nitrogens is 1. The lowest BCUT2D eigenvalue weighted by Crippen LogP contribution is -2.00. The largest absolute Gasteiger partial charge is 0.464 e. The molecule has 0 amide bonds. The highest BCUT2D eigenvalue weighted by molar-refractivity contribution is 9.10. The zero-order valence-electron chi connectivity index (χ0n) is 8.44. The Morgan fingerprint density at radius 2 is 2.25 bits per heavy atom. The molecule has 4 nitrogen and oxygen atoms in total. The van der Waals surface area contributed by atoms with Gasteiger partial charge >= 0.3 is 5.97 Å². The smallest absolute Gasteiger partial charge is 0.360 e. The van der Waals surface area contributed by atoms with E-state index in [4.69, 9.17) is 4.52 Å². The minimum absolute atomic E-state index is 0.164. The zero-order chi connectivity index (χ0) is 11.5. The van der Waals surface area contributed by atoms with Crippen molar-refractivity contribution in [2.24, 2.45) is 0 Å². The highest BCUT2D eigenvalue weighted by Crippen LogP contribution is 2.23. The Labute approximate surface area is 100 Å². The van der Waals surface area contributed by atoms with Gasteiger partial charge in [0.25, 0.3) is 0 Å². The van der Waals surface area contributed by atoms with Gasteiger partial charge in [0.1, 0.15) is 0 Å². The first-order chi connectivity index (χ1) is 7.70. The molecule has 0 radical (unpaired) electrons.